The van der Waals surface area contributed by atoms with Crippen LogP contribution < -0.4 is 10.6 Å². The minimum Gasteiger partial charge on any atom is -0.338 e. The molecule has 0 spiro atoms. The van der Waals surface area contributed by atoms with E-state index in [2.05, 4.69) is 20.8 Å². The van der Waals surface area contributed by atoms with Crippen molar-refractivity contribution in [2.75, 3.05) is 25.0 Å². The van der Waals surface area contributed by atoms with Crippen LogP contribution in [0.15, 0.2) is 24.3 Å². The first-order valence-electron chi connectivity index (χ1n) is 8.50. The quantitative estimate of drug-likeness (QED) is 0.833. The Morgan fingerprint density at radius 1 is 1.31 bits per heavy atom. The van der Waals surface area contributed by atoms with Gasteiger partial charge in [0.2, 0.25) is 5.01 Å². The van der Waals surface area contributed by atoms with Crippen molar-refractivity contribution in [2.45, 2.75) is 25.7 Å². The molecule has 3 rings (SSSR count). The van der Waals surface area contributed by atoms with Gasteiger partial charge in [0, 0.05) is 36.3 Å². The largest absolute Gasteiger partial charge is 0.338 e. The molecule has 0 bridgehead atoms. The third kappa shape index (κ3) is 4.50. The molecule has 7 nitrogen and oxygen atoms in total. The van der Waals surface area contributed by atoms with Gasteiger partial charge < -0.3 is 15.5 Å². The van der Waals surface area contributed by atoms with Gasteiger partial charge in [0.1, 0.15) is 5.01 Å². The Hall–Kier alpha value is -2.19. The summed E-state index contributed by atoms with van der Waals surface area (Å²) in [6, 6.07) is 6.82. The molecule has 0 saturated carbocycles. The number of nitrogens with zero attached hydrogens (tertiary/aromatic N) is 3. The average molecular weight is 394 g/mol. The van der Waals surface area contributed by atoms with Crippen molar-refractivity contribution in [1.82, 2.24) is 20.4 Å². The normalized spacial score (nSPS) is 17.0. The zero-order valence-corrected chi connectivity index (χ0v) is 15.9. The van der Waals surface area contributed by atoms with E-state index in [-0.39, 0.29) is 17.9 Å². The van der Waals surface area contributed by atoms with Crippen molar-refractivity contribution in [3.63, 3.8) is 0 Å². The smallest absolute Gasteiger partial charge is 0.317 e. The number of rotatable bonds is 4. The van der Waals surface area contributed by atoms with Gasteiger partial charge in [-0.3, -0.25) is 4.79 Å². The highest BCUT2D eigenvalue weighted by molar-refractivity contribution is 7.13. The fraction of sp³-hybridized carbons (Fsp3) is 0.412. The number of likely N-dealkylation sites (tertiary alicyclic amines) is 1. The molecular formula is C17H20ClN5O2S. The second-order valence-corrected chi connectivity index (χ2v) is 7.47. The minimum absolute atomic E-state index is 0.0533. The van der Waals surface area contributed by atoms with E-state index in [1.165, 1.54) is 11.3 Å². The monoisotopic (exact) mass is 393 g/mol. The van der Waals surface area contributed by atoms with E-state index in [0.29, 0.717) is 28.8 Å². The predicted octanol–water partition coefficient (Wildman–Crippen LogP) is 3.35. The van der Waals surface area contributed by atoms with E-state index < -0.39 is 0 Å². The summed E-state index contributed by atoms with van der Waals surface area (Å²) in [7, 11) is 0. The third-order valence-electron chi connectivity index (χ3n) is 4.12. The van der Waals surface area contributed by atoms with E-state index in [1.807, 2.05) is 6.92 Å². The summed E-state index contributed by atoms with van der Waals surface area (Å²) in [6.07, 6.45) is 1.84. The molecule has 1 aliphatic rings. The van der Waals surface area contributed by atoms with E-state index >= 15 is 0 Å². The van der Waals surface area contributed by atoms with Crippen molar-refractivity contribution in [2.24, 2.45) is 0 Å². The fourth-order valence-electron chi connectivity index (χ4n) is 2.84. The summed E-state index contributed by atoms with van der Waals surface area (Å²) < 4.78 is 0. The lowest BCUT2D eigenvalue weighted by Crippen LogP contribution is -2.44. The van der Waals surface area contributed by atoms with E-state index in [4.69, 9.17) is 11.6 Å². The molecule has 0 aliphatic carbocycles. The average Bonchev–Trinajstić information content (AvgIpc) is 3.14. The van der Waals surface area contributed by atoms with Gasteiger partial charge in [-0.2, -0.15) is 0 Å². The van der Waals surface area contributed by atoms with Crippen LogP contribution in [0.1, 0.15) is 40.5 Å². The molecule has 2 N–H and O–H groups in total. The maximum atomic E-state index is 12.3. The van der Waals surface area contributed by atoms with Gasteiger partial charge in [0.25, 0.3) is 5.91 Å². The number of halogens is 1. The summed E-state index contributed by atoms with van der Waals surface area (Å²) in [5, 5.41) is 15.5. The molecule has 1 aromatic carbocycles. The summed E-state index contributed by atoms with van der Waals surface area (Å²) in [5.41, 5.74) is 0.649. The van der Waals surface area contributed by atoms with Crippen LogP contribution in [-0.2, 0) is 0 Å². The topological polar surface area (TPSA) is 87.2 Å². The van der Waals surface area contributed by atoms with Crippen LogP contribution in [0.3, 0.4) is 0 Å². The molecule has 2 heterocycles. The van der Waals surface area contributed by atoms with Crippen molar-refractivity contribution in [3.05, 3.63) is 39.3 Å². The molecular weight excluding hydrogens is 374 g/mol. The summed E-state index contributed by atoms with van der Waals surface area (Å²) >= 11 is 7.12. The molecule has 1 atom stereocenters. The second-order valence-electron chi connectivity index (χ2n) is 6.03. The Morgan fingerprint density at radius 2 is 2.08 bits per heavy atom. The molecule has 9 heteroatoms. The van der Waals surface area contributed by atoms with Gasteiger partial charge in [-0.1, -0.05) is 22.9 Å². The van der Waals surface area contributed by atoms with Gasteiger partial charge in [-0.25, -0.2) is 4.79 Å². The highest BCUT2D eigenvalue weighted by atomic mass is 35.5. The summed E-state index contributed by atoms with van der Waals surface area (Å²) in [6.45, 7) is 3.84. The molecule has 1 unspecified atom stereocenters. The van der Waals surface area contributed by atoms with Gasteiger partial charge in [-0.05, 0) is 44.0 Å². The van der Waals surface area contributed by atoms with Gasteiger partial charge in [-0.15, -0.1) is 10.2 Å². The third-order valence-corrected chi connectivity index (χ3v) is 5.46. The molecule has 0 radical (unpaired) electrons. The lowest BCUT2D eigenvalue weighted by Gasteiger charge is -2.31. The van der Waals surface area contributed by atoms with Crippen molar-refractivity contribution in [1.29, 1.82) is 0 Å². The van der Waals surface area contributed by atoms with Crippen LogP contribution >= 0.6 is 22.9 Å². The Labute approximate surface area is 160 Å². The SMILES string of the molecule is CCNC(=O)N1CCCC(c2nnc(C(=O)Nc3ccc(Cl)cc3)s2)C1. The zero-order chi connectivity index (χ0) is 18.5. The van der Waals surface area contributed by atoms with Crippen LogP contribution in [0.25, 0.3) is 0 Å². The summed E-state index contributed by atoms with van der Waals surface area (Å²) in [5.74, 6) is -0.187. The van der Waals surface area contributed by atoms with E-state index in [0.717, 1.165) is 24.4 Å². The van der Waals surface area contributed by atoms with Crippen molar-refractivity contribution >= 4 is 40.6 Å². The number of urea groups is 1. The number of hydrogen-bond acceptors (Lipinski definition) is 5. The second kappa shape index (κ2) is 8.46. The van der Waals surface area contributed by atoms with Crippen molar-refractivity contribution in [3.8, 4) is 0 Å². The lowest BCUT2D eigenvalue weighted by molar-refractivity contribution is 0.102. The zero-order valence-electron chi connectivity index (χ0n) is 14.4. The van der Waals surface area contributed by atoms with Gasteiger partial charge in [0.15, 0.2) is 0 Å². The highest BCUT2D eigenvalue weighted by Gasteiger charge is 2.27. The predicted molar refractivity (Wildman–Crippen MR) is 102 cm³/mol. The summed E-state index contributed by atoms with van der Waals surface area (Å²) in [4.78, 5) is 26.2. The lowest BCUT2D eigenvalue weighted by atomic mass is 9.99. The molecule has 26 heavy (non-hydrogen) atoms. The first kappa shape index (κ1) is 18.6. The number of carbonyl (C=O) groups is 2. The molecule has 1 fully saturated rings. The Morgan fingerprint density at radius 3 is 2.81 bits per heavy atom. The number of aromatic nitrogens is 2. The Kier molecular flexibility index (Phi) is 6.05. The molecule has 1 saturated heterocycles. The minimum atomic E-state index is -0.299. The van der Waals surface area contributed by atoms with E-state index in [9.17, 15) is 9.59 Å². The van der Waals surface area contributed by atoms with Gasteiger partial charge in [0.05, 0.1) is 0 Å². The Balaban J connectivity index is 1.64. The van der Waals surface area contributed by atoms with E-state index in [1.54, 1.807) is 29.2 Å². The van der Waals surface area contributed by atoms with Crippen LogP contribution in [0.2, 0.25) is 5.02 Å². The standard InChI is InChI=1S/C17H20ClN5O2S/c1-2-19-17(25)23-9-3-4-11(10-23)15-21-22-16(26-15)14(24)20-13-7-5-12(18)6-8-13/h5-8,11H,2-4,9-10H2,1H3,(H,19,25)(H,20,24). The first-order valence-corrected chi connectivity index (χ1v) is 9.69. The number of anilines is 1. The number of piperidine rings is 1. The van der Waals surface area contributed by atoms with Gasteiger partial charge >= 0.3 is 6.03 Å². The molecule has 3 amide bonds. The van der Waals surface area contributed by atoms with Crippen LogP contribution in [0.5, 0.6) is 0 Å². The highest BCUT2D eigenvalue weighted by Crippen LogP contribution is 2.29. The molecule has 138 valence electrons. The Bertz CT molecular complexity index is 780. The number of amides is 3. The maximum Gasteiger partial charge on any atom is 0.317 e. The first-order chi connectivity index (χ1) is 12.6. The van der Waals surface area contributed by atoms with Crippen LogP contribution in [0, 0.1) is 0 Å². The number of benzene rings is 1. The maximum absolute atomic E-state index is 12.3. The van der Waals surface area contributed by atoms with Crippen LogP contribution in [-0.4, -0.2) is 46.7 Å². The molecule has 1 aliphatic heterocycles. The number of nitrogens with one attached hydrogen (secondary N) is 2. The van der Waals surface area contributed by atoms with Crippen molar-refractivity contribution < 1.29 is 9.59 Å². The number of hydrogen-bond donors (Lipinski definition) is 2. The van der Waals surface area contributed by atoms with Crippen LogP contribution in [0.4, 0.5) is 10.5 Å². The molecule has 1 aromatic heterocycles. The molecule has 2 aromatic rings. The fourth-order valence-corrected chi connectivity index (χ4v) is 3.83. The number of carbonyl (C=O) groups excluding carboxylic acids is 2.